The van der Waals surface area contributed by atoms with Crippen LogP contribution in [0.25, 0.3) is 11.1 Å². The molecule has 0 radical (unpaired) electrons. The zero-order valence-corrected chi connectivity index (χ0v) is 9.29. The lowest BCUT2D eigenvalue weighted by atomic mass is 10.1. The van der Waals surface area contributed by atoms with Gasteiger partial charge in [0.15, 0.2) is 0 Å². The predicted octanol–water partition coefficient (Wildman–Crippen LogP) is 3.08. The maximum absolute atomic E-state index is 13.4. The summed E-state index contributed by atoms with van der Waals surface area (Å²) in [6, 6.07) is 5.58. The Morgan fingerprint density at radius 2 is 1.74 bits per heavy atom. The minimum atomic E-state index is -4.78. The Hall–Kier alpha value is -2.31. The molecule has 0 unspecified atom stereocenters. The molecular weight excluding hydrogens is 266 g/mol. The molecule has 3 nitrogen and oxygen atoms in total. The van der Waals surface area contributed by atoms with Crippen LogP contribution in [0.1, 0.15) is 0 Å². The zero-order valence-electron chi connectivity index (χ0n) is 9.29. The highest BCUT2D eigenvalue weighted by atomic mass is 19.4. The second kappa shape index (κ2) is 4.75. The van der Waals surface area contributed by atoms with Gasteiger partial charge in [0, 0.05) is 17.8 Å². The van der Waals surface area contributed by atoms with Gasteiger partial charge >= 0.3 is 6.36 Å². The van der Waals surface area contributed by atoms with Crippen LogP contribution in [0.4, 0.5) is 17.6 Å². The fraction of sp³-hybridized carbons (Fsp3) is 0.0833. The molecule has 0 fully saturated rings. The summed E-state index contributed by atoms with van der Waals surface area (Å²) in [6.07, 6.45) is -3.89. The normalized spacial score (nSPS) is 11.4. The van der Waals surface area contributed by atoms with E-state index in [0.29, 0.717) is 0 Å². The Bertz CT molecular complexity index is 631. The highest BCUT2D eigenvalue weighted by molar-refractivity contribution is 5.64. The van der Waals surface area contributed by atoms with Crippen LogP contribution in [0, 0.1) is 5.82 Å². The lowest BCUT2D eigenvalue weighted by Gasteiger charge is -2.09. The van der Waals surface area contributed by atoms with Crippen LogP contribution in [-0.4, -0.2) is 11.3 Å². The summed E-state index contributed by atoms with van der Waals surface area (Å²) in [7, 11) is 0. The van der Waals surface area contributed by atoms with Gasteiger partial charge in [0.1, 0.15) is 11.6 Å². The minimum Gasteiger partial charge on any atom is -0.406 e. The van der Waals surface area contributed by atoms with E-state index in [2.05, 4.69) is 9.72 Å². The summed E-state index contributed by atoms with van der Waals surface area (Å²) >= 11 is 0. The zero-order chi connectivity index (χ0) is 14.0. The maximum atomic E-state index is 13.4. The van der Waals surface area contributed by atoms with Gasteiger partial charge in [0.05, 0.1) is 0 Å². The van der Waals surface area contributed by atoms with Crippen LogP contribution >= 0.6 is 0 Å². The number of H-pyrrole nitrogens is 1. The fourth-order valence-electron chi connectivity index (χ4n) is 1.51. The van der Waals surface area contributed by atoms with E-state index >= 15 is 0 Å². The molecule has 0 aliphatic heterocycles. The molecular formula is C12H7F4NO2. The fourth-order valence-corrected chi connectivity index (χ4v) is 1.51. The number of pyridine rings is 1. The average Bonchev–Trinajstić information content (AvgIpc) is 2.31. The molecule has 0 amide bonds. The standard InChI is InChI=1S/C12H7F4NO2/c13-10-6-17-11(18)5-9(10)7-1-3-8(4-2-7)19-12(14,15)16/h1-6H,(H,17,18). The van der Waals surface area contributed by atoms with Crippen molar-refractivity contribution in [3.63, 3.8) is 0 Å². The van der Waals surface area contributed by atoms with E-state index in [9.17, 15) is 22.4 Å². The number of hydrogen-bond acceptors (Lipinski definition) is 2. The van der Waals surface area contributed by atoms with E-state index in [-0.39, 0.29) is 11.1 Å². The molecule has 0 atom stereocenters. The largest absolute Gasteiger partial charge is 0.573 e. The molecule has 0 bridgehead atoms. The van der Waals surface area contributed by atoms with E-state index < -0.39 is 23.5 Å². The van der Waals surface area contributed by atoms with Crippen molar-refractivity contribution in [2.75, 3.05) is 0 Å². The smallest absolute Gasteiger partial charge is 0.406 e. The summed E-state index contributed by atoms with van der Waals surface area (Å²) < 4.78 is 53.0. The van der Waals surface area contributed by atoms with Crippen molar-refractivity contribution in [1.82, 2.24) is 4.98 Å². The Kier molecular flexibility index (Phi) is 3.28. The molecule has 0 aliphatic rings. The van der Waals surface area contributed by atoms with E-state index in [1.807, 2.05) is 0 Å². The Morgan fingerprint density at radius 3 is 2.32 bits per heavy atom. The Morgan fingerprint density at radius 1 is 1.11 bits per heavy atom. The van der Waals surface area contributed by atoms with Gasteiger partial charge < -0.3 is 9.72 Å². The first-order valence-electron chi connectivity index (χ1n) is 5.09. The minimum absolute atomic E-state index is 0.00214. The number of ether oxygens (including phenoxy) is 1. The van der Waals surface area contributed by atoms with Crippen LogP contribution in [0.2, 0.25) is 0 Å². The molecule has 19 heavy (non-hydrogen) atoms. The summed E-state index contributed by atoms with van der Waals surface area (Å²) in [4.78, 5) is 13.2. The molecule has 2 aromatic rings. The van der Waals surface area contributed by atoms with Crippen LogP contribution in [0.3, 0.4) is 0 Å². The summed E-state index contributed by atoms with van der Waals surface area (Å²) in [5.74, 6) is -1.09. The lowest BCUT2D eigenvalue weighted by molar-refractivity contribution is -0.274. The van der Waals surface area contributed by atoms with Gasteiger partial charge in [-0.1, -0.05) is 12.1 Å². The number of aromatic nitrogens is 1. The number of aromatic amines is 1. The van der Waals surface area contributed by atoms with Crippen molar-refractivity contribution >= 4 is 0 Å². The van der Waals surface area contributed by atoms with Gasteiger partial charge in [-0.3, -0.25) is 4.79 Å². The van der Waals surface area contributed by atoms with Gasteiger partial charge in [-0.15, -0.1) is 13.2 Å². The molecule has 1 aromatic carbocycles. The molecule has 0 aliphatic carbocycles. The van der Waals surface area contributed by atoms with Gasteiger partial charge in [-0.25, -0.2) is 4.39 Å². The molecule has 1 aromatic heterocycles. The second-order valence-corrected chi connectivity index (χ2v) is 3.63. The monoisotopic (exact) mass is 273 g/mol. The first-order valence-corrected chi connectivity index (χ1v) is 5.09. The van der Waals surface area contributed by atoms with Crippen molar-refractivity contribution in [2.24, 2.45) is 0 Å². The third kappa shape index (κ3) is 3.34. The SMILES string of the molecule is O=c1cc(-c2ccc(OC(F)(F)F)cc2)c(F)c[nH]1. The van der Waals surface area contributed by atoms with Crippen LogP contribution in [0.5, 0.6) is 5.75 Å². The number of nitrogens with one attached hydrogen (secondary N) is 1. The lowest BCUT2D eigenvalue weighted by Crippen LogP contribution is -2.16. The van der Waals surface area contributed by atoms with Crippen molar-refractivity contribution in [3.05, 3.63) is 52.7 Å². The van der Waals surface area contributed by atoms with Crippen molar-refractivity contribution in [2.45, 2.75) is 6.36 Å². The van der Waals surface area contributed by atoms with Gasteiger partial charge in [-0.2, -0.15) is 0 Å². The van der Waals surface area contributed by atoms with Crippen LogP contribution in [0.15, 0.2) is 41.3 Å². The number of benzene rings is 1. The quantitative estimate of drug-likeness (QED) is 0.854. The van der Waals surface area contributed by atoms with Crippen LogP contribution in [-0.2, 0) is 0 Å². The van der Waals surface area contributed by atoms with Gasteiger partial charge in [0.25, 0.3) is 0 Å². The molecule has 0 spiro atoms. The van der Waals surface area contributed by atoms with E-state index in [4.69, 9.17) is 0 Å². The third-order valence-corrected chi connectivity index (χ3v) is 2.27. The first kappa shape index (κ1) is 13.1. The number of halogens is 4. The maximum Gasteiger partial charge on any atom is 0.573 e. The van der Waals surface area contributed by atoms with E-state index in [1.54, 1.807) is 0 Å². The van der Waals surface area contributed by atoms with Gasteiger partial charge in [0.2, 0.25) is 5.56 Å². The summed E-state index contributed by atoms with van der Waals surface area (Å²) in [5.41, 5.74) is -0.229. The van der Waals surface area contributed by atoms with Crippen molar-refractivity contribution in [1.29, 1.82) is 0 Å². The second-order valence-electron chi connectivity index (χ2n) is 3.63. The van der Waals surface area contributed by atoms with E-state index in [1.165, 1.54) is 12.1 Å². The molecule has 0 saturated carbocycles. The molecule has 7 heteroatoms. The number of hydrogen-bond donors (Lipinski definition) is 1. The van der Waals surface area contributed by atoms with Crippen LogP contribution < -0.4 is 10.3 Å². The van der Waals surface area contributed by atoms with Crippen molar-refractivity contribution in [3.8, 4) is 16.9 Å². The third-order valence-electron chi connectivity index (χ3n) is 2.27. The van der Waals surface area contributed by atoms with Crippen molar-refractivity contribution < 1.29 is 22.3 Å². The first-order chi connectivity index (χ1) is 8.85. The molecule has 2 rings (SSSR count). The Balaban J connectivity index is 2.32. The molecule has 100 valence electrons. The summed E-state index contributed by atoms with van der Waals surface area (Å²) in [5, 5.41) is 0. The average molecular weight is 273 g/mol. The molecule has 1 N–H and O–H groups in total. The highest BCUT2D eigenvalue weighted by Crippen LogP contribution is 2.26. The summed E-state index contributed by atoms with van der Waals surface area (Å²) in [6.45, 7) is 0. The highest BCUT2D eigenvalue weighted by Gasteiger charge is 2.30. The van der Waals surface area contributed by atoms with E-state index in [0.717, 1.165) is 24.4 Å². The van der Waals surface area contributed by atoms with Gasteiger partial charge in [-0.05, 0) is 17.7 Å². The molecule has 0 saturated heterocycles. The topological polar surface area (TPSA) is 42.1 Å². The number of rotatable bonds is 2. The number of alkyl halides is 3. The molecule has 1 heterocycles. The Labute approximate surface area is 104 Å². The predicted molar refractivity (Wildman–Crippen MR) is 59.1 cm³/mol.